The number of hydrogen-bond acceptors (Lipinski definition) is 3. The lowest BCUT2D eigenvalue weighted by Crippen LogP contribution is -2.45. The van der Waals surface area contributed by atoms with Gasteiger partial charge in [-0.05, 0) is 39.2 Å². The summed E-state index contributed by atoms with van der Waals surface area (Å²) in [5.74, 6) is 0.289. The molecule has 2 aliphatic heterocycles. The summed E-state index contributed by atoms with van der Waals surface area (Å²) in [6.45, 7) is 3.70. The molecule has 0 saturated carbocycles. The van der Waals surface area contributed by atoms with Crippen LogP contribution in [0.3, 0.4) is 0 Å². The van der Waals surface area contributed by atoms with E-state index in [1.54, 1.807) is 4.31 Å². The zero-order valence-electron chi connectivity index (χ0n) is 9.98. The monoisotopic (exact) mass is 246 g/mol. The molecule has 94 valence electrons. The Labute approximate surface area is 98.4 Å². The fourth-order valence-corrected chi connectivity index (χ4v) is 4.78. The largest absolute Gasteiger partial charge is 0.313 e. The first-order valence-corrected chi connectivity index (χ1v) is 7.93. The van der Waals surface area contributed by atoms with Gasteiger partial charge < -0.3 is 5.32 Å². The Morgan fingerprint density at radius 1 is 1.25 bits per heavy atom. The summed E-state index contributed by atoms with van der Waals surface area (Å²) in [7, 11) is -3.04. The van der Waals surface area contributed by atoms with Crippen molar-refractivity contribution in [3.63, 3.8) is 0 Å². The van der Waals surface area contributed by atoms with Crippen LogP contribution >= 0.6 is 0 Å². The molecule has 2 unspecified atom stereocenters. The molecule has 0 bridgehead atoms. The van der Waals surface area contributed by atoms with E-state index in [4.69, 9.17) is 0 Å². The van der Waals surface area contributed by atoms with Gasteiger partial charge in [0.05, 0.1) is 5.75 Å². The highest BCUT2D eigenvalue weighted by Crippen LogP contribution is 2.22. The molecule has 0 aromatic carbocycles. The van der Waals surface area contributed by atoms with Crippen molar-refractivity contribution in [2.45, 2.75) is 51.1 Å². The minimum absolute atomic E-state index is 0.173. The van der Waals surface area contributed by atoms with Crippen molar-refractivity contribution >= 4 is 10.0 Å². The highest BCUT2D eigenvalue weighted by atomic mass is 32.2. The summed E-state index contributed by atoms with van der Waals surface area (Å²) < 4.78 is 26.1. The first-order chi connectivity index (χ1) is 7.59. The van der Waals surface area contributed by atoms with E-state index in [0.29, 0.717) is 0 Å². The molecule has 2 fully saturated rings. The minimum Gasteiger partial charge on any atom is -0.313 e. The summed E-state index contributed by atoms with van der Waals surface area (Å²) in [6, 6.07) is 0.375. The van der Waals surface area contributed by atoms with Crippen LogP contribution in [-0.4, -0.2) is 43.6 Å². The van der Waals surface area contributed by atoms with E-state index in [1.165, 1.54) is 6.42 Å². The average molecular weight is 246 g/mol. The number of rotatable bonds is 3. The minimum atomic E-state index is -3.04. The highest BCUT2D eigenvalue weighted by Gasteiger charge is 2.33. The van der Waals surface area contributed by atoms with Crippen molar-refractivity contribution in [2.24, 2.45) is 0 Å². The van der Waals surface area contributed by atoms with Crippen molar-refractivity contribution < 1.29 is 8.42 Å². The Bertz CT molecular complexity index is 323. The summed E-state index contributed by atoms with van der Waals surface area (Å²) in [5.41, 5.74) is 0. The third-order valence-electron chi connectivity index (χ3n) is 3.67. The zero-order chi connectivity index (χ0) is 11.6. The predicted molar refractivity (Wildman–Crippen MR) is 64.8 cm³/mol. The van der Waals surface area contributed by atoms with Crippen LogP contribution in [0, 0.1) is 0 Å². The van der Waals surface area contributed by atoms with Gasteiger partial charge in [-0.25, -0.2) is 8.42 Å². The van der Waals surface area contributed by atoms with Gasteiger partial charge in [-0.15, -0.1) is 0 Å². The van der Waals surface area contributed by atoms with Gasteiger partial charge in [0.15, 0.2) is 0 Å². The van der Waals surface area contributed by atoms with Gasteiger partial charge in [0, 0.05) is 18.6 Å². The molecule has 2 heterocycles. The second-order valence-corrected chi connectivity index (χ2v) is 6.99. The summed E-state index contributed by atoms with van der Waals surface area (Å²) in [6.07, 6.45) is 5.36. The number of nitrogens with one attached hydrogen (secondary N) is 1. The number of piperidine rings is 1. The van der Waals surface area contributed by atoms with Gasteiger partial charge in [0.2, 0.25) is 10.0 Å². The van der Waals surface area contributed by atoms with Gasteiger partial charge in [-0.2, -0.15) is 4.31 Å². The van der Waals surface area contributed by atoms with E-state index in [-0.39, 0.29) is 17.8 Å². The standard InChI is InChI=1S/C11H22N2O2S/c1-10-5-4-8-13(10)16(14,15)9-11-6-2-3-7-12-11/h10-12H,2-9H2,1H3. The molecule has 2 rings (SSSR count). The lowest BCUT2D eigenvalue weighted by atomic mass is 10.1. The smallest absolute Gasteiger partial charge is 0.215 e. The lowest BCUT2D eigenvalue weighted by Gasteiger charge is -2.27. The molecule has 2 aliphatic rings. The summed E-state index contributed by atoms with van der Waals surface area (Å²) in [5, 5.41) is 3.31. The summed E-state index contributed by atoms with van der Waals surface area (Å²) >= 11 is 0. The van der Waals surface area contributed by atoms with Crippen LogP contribution in [-0.2, 0) is 10.0 Å². The van der Waals surface area contributed by atoms with Crippen molar-refractivity contribution in [1.82, 2.24) is 9.62 Å². The number of nitrogens with zero attached hydrogens (tertiary/aromatic N) is 1. The Balaban J connectivity index is 1.96. The van der Waals surface area contributed by atoms with Crippen LogP contribution in [0.1, 0.15) is 39.0 Å². The molecule has 0 aromatic rings. The quantitative estimate of drug-likeness (QED) is 0.806. The van der Waals surface area contributed by atoms with Crippen molar-refractivity contribution in [2.75, 3.05) is 18.8 Å². The zero-order valence-corrected chi connectivity index (χ0v) is 10.8. The second kappa shape index (κ2) is 5.02. The van der Waals surface area contributed by atoms with Crippen LogP contribution < -0.4 is 5.32 Å². The third-order valence-corrected chi connectivity index (χ3v) is 5.75. The van der Waals surface area contributed by atoms with E-state index in [0.717, 1.165) is 38.8 Å². The SMILES string of the molecule is CC1CCCN1S(=O)(=O)CC1CCCCN1. The fraction of sp³-hybridized carbons (Fsp3) is 1.00. The molecule has 2 saturated heterocycles. The topological polar surface area (TPSA) is 49.4 Å². The molecule has 4 nitrogen and oxygen atoms in total. The first-order valence-electron chi connectivity index (χ1n) is 6.32. The van der Waals surface area contributed by atoms with Crippen LogP contribution in [0.4, 0.5) is 0 Å². The number of hydrogen-bond donors (Lipinski definition) is 1. The Morgan fingerprint density at radius 2 is 2.06 bits per heavy atom. The average Bonchev–Trinajstić information content (AvgIpc) is 2.66. The van der Waals surface area contributed by atoms with Crippen LogP contribution in [0.15, 0.2) is 0 Å². The van der Waals surface area contributed by atoms with Crippen LogP contribution in [0.25, 0.3) is 0 Å². The van der Waals surface area contributed by atoms with Crippen molar-refractivity contribution in [1.29, 1.82) is 0 Å². The molecule has 0 amide bonds. The van der Waals surface area contributed by atoms with E-state index < -0.39 is 10.0 Å². The molecular formula is C11H22N2O2S. The molecule has 16 heavy (non-hydrogen) atoms. The molecule has 2 atom stereocenters. The Morgan fingerprint density at radius 3 is 2.62 bits per heavy atom. The van der Waals surface area contributed by atoms with Gasteiger partial charge in [-0.1, -0.05) is 6.42 Å². The maximum Gasteiger partial charge on any atom is 0.215 e. The molecule has 0 aromatic heterocycles. The Kier molecular flexibility index (Phi) is 3.87. The maximum atomic E-state index is 12.2. The van der Waals surface area contributed by atoms with Crippen molar-refractivity contribution in [3.8, 4) is 0 Å². The molecule has 0 aliphatic carbocycles. The van der Waals surface area contributed by atoms with Gasteiger partial charge in [0.1, 0.15) is 0 Å². The molecule has 0 radical (unpaired) electrons. The maximum absolute atomic E-state index is 12.2. The van der Waals surface area contributed by atoms with Gasteiger partial charge in [-0.3, -0.25) is 0 Å². The van der Waals surface area contributed by atoms with Gasteiger partial charge in [0.25, 0.3) is 0 Å². The lowest BCUT2D eigenvalue weighted by molar-refractivity contribution is 0.386. The summed E-state index contributed by atoms with van der Waals surface area (Å²) in [4.78, 5) is 0. The molecule has 0 spiro atoms. The normalized spacial score (nSPS) is 33.1. The van der Waals surface area contributed by atoms with E-state index >= 15 is 0 Å². The Hall–Kier alpha value is -0.130. The second-order valence-electron chi connectivity index (χ2n) is 5.03. The van der Waals surface area contributed by atoms with E-state index in [9.17, 15) is 8.42 Å². The molecule has 1 N–H and O–H groups in total. The van der Waals surface area contributed by atoms with Crippen LogP contribution in [0.5, 0.6) is 0 Å². The molecule has 5 heteroatoms. The van der Waals surface area contributed by atoms with Crippen LogP contribution in [0.2, 0.25) is 0 Å². The molecular weight excluding hydrogens is 224 g/mol. The van der Waals surface area contributed by atoms with E-state index in [2.05, 4.69) is 5.32 Å². The first kappa shape index (κ1) is 12.3. The number of sulfonamides is 1. The van der Waals surface area contributed by atoms with Gasteiger partial charge >= 0.3 is 0 Å². The van der Waals surface area contributed by atoms with E-state index in [1.807, 2.05) is 6.92 Å². The third kappa shape index (κ3) is 2.76. The predicted octanol–water partition coefficient (Wildman–Crippen LogP) is 0.943. The highest BCUT2D eigenvalue weighted by molar-refractivity contribution is 7.89. The fourth-order valence-electron chi connectivity index (χ4n) is 2.74. The van der Waals surface area contributed by atoms with Crippen molar-refractivity contribution in [3.05, 3.63) is 0 Å².